The quantitative estimate of drug-likeness (QED) is 0.495. The van der Waals surface area contributed by atoms with Gasteiger partial charge in [-0.25, -0.2) is 13.6 Å². The minimum atomic E-state index is -2.81. The molecule has 0 N–H and O–H groups in total. The molecule has 1 saturated carbocycles. The first-order chi connectivity index (χ1) is 18.2. The molecule has 2 aromatic carbocycles. The summed E-state index contributed by atoms with van der Waals surface area (Å²) in [5.41, 5.74) is 1.75. The third kappa shape index (κ3) is 5.18. The second kappa shape index (κ2) is 10.5. The number of alkyl halides is 2. The molecule has 3 aliphatic rings. The maximum Gasteiger partial charge on any atom is 0.324 e. The summed E-state index contributed by atoms with van der Waals surface area (Å²) in [6.45, 7) is 2.88. The molecule has 38 heavy (non-hydrogen) atoms. The number of ketones is 1. The van der Waals surface area contributed by atoms with Crippen molar-refractivity contribution in [3.05, 3.63) is 60.2 Å². The van der Waals surface area contributed by atoms with E-state index in [9.17, 15) is 23.2 Å². The van der Waals surface area contributed by atoms with E-state index in [4.69, 9.17) is 0 Å². The molecule has 2 aromatic rings. The Morgan fingerprint density at radius 1 is 0.947 bits per heavy atom. The van der Waals surface area contributed by atoms with Crippen molar-refractivity contribution in [1.82, 2.24) is 4.90 Å². The van der Waals surface area contributed by atoms with E-state index in [1.807, 2.05) is 30.3 Å². The van der Waals surface area contributed by atoms with Crippen molar-refractivity contribution >= 4 is 29.1 Å². The average molecular weight is 524 g/mol. The number of anilines is 2. The molecule has 202 valence electrons. The summed E-state index contributed by atoms with van der Waals surface area (Å²) in [5, 5.41) is 0. The lowest BCUT2D eigenvalue weighted by atomic mass is 9.72. The summed E-state index contributed by atoms with van der Waals surface area (Å²) in [5.74, 6) is -3.21. The van der Waals surface area contributed by atoms with Crippen LogP contribution in [-0.2, 0) is 16.0 Å². The van der Waals surface area contributed by atoms with Crippen molar-refractivity contribution < 1.29 is 23.2 Å². The van der Waals surface area contributed by atoms with Gasteiger partial charge in [-0.2, -0.15) is 0 Å². The topological polar surface area (TPSA) is 60.9 Å². The van der Waals surface area contributed by atoms with Crippen LogP contribution in [0.3, 0.4) is 0 Å². The highest BCUT2D eigenvalue weighted by atomic mass is 19.3. The number of fused-ring (bicyclic) bond motifs is 1. The Hall–Kier alpha value is -3.29. The van der Waals surface area contributed by atoms with Gasteiger partial charge in [0.25, 0.3) is 0 Å². The number of urea groups is 1. The van der Waals surface area contributed by atoms with Crippen LogP contribution in [0.1, 0.15) is 57.4 Å². The van der Waals surface area contributed by atoms with Crippen LogP contribution in [0, 0.1) is 5.41 Å². The molecule has 0 radical (unpaired) electrons. The van der Waals surface area contributed by atoms with Crippen molar-refractivity contribution in [1.29, 1.82) is 0 Å². The molecule has 1 atom stereocenters. The Bertz CT molecular complexity index is 1190. The second-order valence-electron chi connectivity index (χ2n) is 11.0. The number of likely N-dealkylation sites (tertiary alicyclic amines) is 1. The number of piperidine rings is 1. The van der Waals surface area contributed by atoms with Gasteiger partial charge in [-0.3, -0.25) is 14.5 Å². The van der Waals surface area contributed by atoms with Gasteiger partial charge in [0, 0.05) is 61.7 Å². The third-order valence-electron chi connectivity index (χ3n) is 8.63. The summed E-state index contributed by atoms with van der Waals surface area (Å²) in [4.78, 5) is 45.2. The average Bonchev–Trinajstić information content (AvgIpc) is 3.33. The number of amides is 3. The first-order valence-electron chi connectivity index (χ1n) is 13.6. The number of carbonyl (C=O) groups excluding carboxylic acids is 3. The highest BCUT2D eigenvalue weighted by Gasteiger charge is 2.46. The molecule has 2 aliphatic heterocycles. The normalized spacial score (nSPS) is 22.0. The van der Waals surface area contributed by atoms with Crippen LogP contribution < -0.4 is 9.80 Å². The highest BCUT2D eigenvalue weighted by molar-refractivity contribution is 5.98. The van der Waals surface area contributed by atoms with E-state index in [2.05, 4.69) is 0 Å². The van der Waals surface area contributed by atoms with Crippen LogP contribution in [-0.4, -0.2) is 54.2 Å². The Morgan fingerprint density at radius 3 is 2.32 bits per heavy atom. The van der Waals surface area contributed by atoms with E-state index in [0.717, 1.165) is 17.7 Å². The van der Waals surface area contributed by atoms with Crippen molar-refractivity contribution in [2.45, 2.75) is 70.3 Å². The minimum absolute atomic E-state index is 0.0477. The summed E-state index contributed by atoms with van der Waals surface area (Å²) in [6, 6.07) is 16.1. The number of para-hydroxylation sites is 2. The van der Waals surface area contributed by atoms with Crippen LogP contribution in [0.5, 0.6) is 0 Å². The van der Waals surface area contributed by atoms with Gasteiger partial charge in [-0.15, -0.1) is 0 Å². The van der Waals surface area contributed by atoms with Crippen molar-refractivity contribution in [3.8, 4) is 0 Å². The van der Waals surface area contributed by atoms with Gasteiger partial charge in [0.15, 0.2) is 0 Å². The Morgan fingerprint density at radius 2 is 1.63 bits per heavy atom. The fraction of sp³-hybridized carbons (Fsp3) is 0.500. The standard InChI is InChI=1S/C30H35F2N3O3/c1-22(36)29(15-18-33(19-16-29)28(38)34-17-13-23-8-5-6-12-26(23)34)21-27(37)35(24-9-3-2-4-10-24)25-11-7-14-30(31,32)20-25/h2-6,8-10,12,25H,7,11,13-21H2,1H3. The lowest BCUT2D eigenvalue weighted by Gasteiger charge is -2.43. The molecule has 0 spiro atoms. The van der Waals surface area contributed by atoms with E-state index < -0.39 is 17.4 Å². The maximum atomic E-state index is 14.4. The minimum Gasteiger partial charge on any atom is -0.324 e. The summed E-state index contributed by atoms with van der Waals surface area (Å²) >= 11 is 0. The predicted octanol–water partition coefficient (Wildman–Crippen LogP) is 5.84. The number of rotatable bonds is 5. The smallest absolute Gasteiger partial charge is 0.324 e. The lowest BCUT2D eigenvalue weighted by molar-refractivity contribution is -0.135. The molecule has 5 rings (SSSR count). The number of carbonyl (C=O) groups is 3. The first kappa shape index (κ1) is 26.3. The fourth-order valence-corrected chi connectivity index (χ4v) is 6.37. The predicted molar refractivity (Wildman–Crippen MR) is 143 cm³/mol. The molecule has 2 heterocycles. The van der Waals surface area contributed by atoms with E-state index in [1.165, 1.54) is 11.8 Å². The van der Waals surface area contributed by atoms with Gasteiger partial charge in [0.05, 0.1) is 0 Å². The molecule has 0 aromatic heterocycles. The van der Waals surface area contributed by atoms with Gasteiger partial charge in [0.1, 0.15) is 5.78 Å². The molecule has 2 fully saturated rings. The lowest BCUT2D eigenvalue weighted by Crippen LogP contribution is -2.53. The van der Waals surface area contributed by atoms with Crippen molar-refractivity contribution in [3.63, 3.8) is 0 Å². The van der Waals surface area contributed by atoms with Gasteiger partial charge < -0.3 is 9.80 Å². The zero-order chi connectivity index (χ0) is 26.9. The van der Waals surface area contributed by atoms with Crippen LogP contribution in [0.25, 0.3) is 0 Å². The maximum absolute atomic E-state index is 14.4. The van der Waals surface area contributed by atoms with Gasteiger partial charge in [-0.05, 0) is 62.8 Å². The van der Waals surface area contributed by atoms with Crippen LogP contribution in [0.4, 0.5) is 25.0 Å². The molecule has 1 unspecified atom stereocenters. The number of nitrogens with zero attached hydrogens (tertiary/aromatic N) is 3. The molecule has 3 amide bonds. The van der Waals surface area contributed by atoms with Crippen LogP contribution >= 0.6 is 0 Å². The van der Waals surface area contributed by atoms with E-state index in [1.54, 1.807) is 34.1 Å². The molecular formula is C30H35F2N3O3. The number of hydrogen-bond donors (Lipinski definition) is 0. The Labute approximate surface area is 222 Å². The monoisotopic (exact) mass is 523 g/mol. The second-order valence-corrected chi connectivity index (χ2v) is 11.0. The first-order valence-corrected chi connectivity index (χ1v) is 13.6. The summed E-state index contributed by atoms with van der Waals surface area (Å²) < 4.78 is 28.7. The van der Waals surface area contributed by atoms with Gasteiger partial charge in [0.2, 0.25) is 11.8 Å². The van der Waals surface area contributed by atoms with E-state index in [0.29, 0.717) is 51.0 Å². The van der Waals surface area contributed by atoms with Crippen LogP contribution in [0.2, 0.25) is 0 Å². The fourth-order valence-electron chi connectivity index (χ4n) is 6.37. The molecule has 1 saturated heterocycles. The Balaban J connectivity index is 1.32. The number of benzene rings is 2. The number of Topliss-reactive ketones (excluding diaryl/α,β-unsaturated/α-hetero) is 1. The van der Waals surface area contributed by atoms with Crippen molar-refractivity contribution in [2.24, 2.45) is 5.41 Å². The van der Waals surface area contributed by atoms with Crippen molar-refractivity contribution in [2.75, 3.05) is 29.4 Å². The summed E-state index contributed by atoms with van der Waals surface area (Å²) in [7, 11) is 0. The number of halogens is 2. The molecule has 8 heteroatoms. The molecule has 0 bridgehead atoms. The van der Waals surface area contributed by atoms with E-state index in [-0.39, 0.29) is 37.0 Å². The SMILES string of the molecule is CC(=O)C1(CC(=O)N(c2ccccc2)C2CCCC(F)(F)C2)CCN(C(=O)N2CCc3ccccc32)CC1. The largest absolute Gasteiger partial charge is 0.324 e. The highest BCUT2D eigenvalue weighted by Crippen LogP contribution is 2.41. The van der Waals surface area contributed by atoms with E-state index >= 15 is 0 Å². The van der Waals surface area contributed by atoms with Gasteiger partial charge in [-0.1, -0.05) is 36.4 Å². The molecule has 6 nitrogen and oxygen atoms in total. The summed E-state index contributed by atoms with van der Waals surface area (Å²) in [6.07, 6.45) is 1.83. The molecule has 1 aliphatic carbocycles. The Kier molecular flexibility index (Phi) is 7.25. The zero-order valence-electron chi connectivity index (χ0n) is 21.9. The molecular weight excluding hydrogens is 488 g/mol. The number of hydrogen-bond acceptors (Lipinski definition) is 3. The third-order valence-corrected chi connectivity index (χ3v) is 8.63. The van der Waals surface area contributed by atoms with Crippen LogP contribution in [0.15, 0.2) is 54.6 Å². The zero-order valence-corrected chi connectivity index (χ0v) is 21.9. The van der Waals surface area contributed by atoms with Gasteiger partial charge >= 0.3 is 6.03 Å².